The Labute approximate surface area is 228 Å². The number of likely N-dealkylation sites (tertiary alicyclic amines) is 1. The number of likely N-dealkylation sites (N-methyl/N-ethyl adjacent to an activating group) is 1. The molecule has 0 aromatic heterocycles. The predicted molar refractivity (Wildman–Crippen MR) is 154 cm³/mol. The Balaban J connectivity index is 1.34. The Bertz CT molecular complexity index is 965. The van der Waals surface area contributed by atoms with Crippen molar-refractivity contribution >= 4 is 11.7 Å². The summed E-state index contributed by atoms with van der Waals surface area (Å²) in [6.45, 7) is 3.15. The molecule has 3 atom stereocenters. The van der Waals surface area contributed by atoms with Crippen LogP contribution in [0.3, 0.4) is 0 Å². The second-order valence-electron chi connectivity index (χ2n) is 11.2. The van der Waals surface area contributed by atoms with E-state index in [1.54, 1.807) is 7.11 Å². The van der Waals surface area contributed by atoms with Gasteiger partial charge in [0.25, 0.3) is 0 Å². The molecule has 1 heterocycles. The number of aliphatic hydroxyl groups is 1. The van der Waals surface area contributed by atoms with Crippen LogP contribution in [0.2, 0.25) is 0 Å². The third-order valence-electron chi connectivity index (χ3n) is 8.33. The normalized spacial score (nSPS) is 21.4. The van der Waals surface area contributed by atoms with Crippen LogP contribution in [0.25, 0.3) is 0 Å². The molecule has 0 unspecified atom stereocenters. The first-order valence-electron chi connectivity index (χ1n) is 14.4. The number of aliphatic hydroxyl groups excluding tert-OH is 1. The number of β-amino-alcohol motifs (C(OH)–C–C–N with tert-alkyl or cyclic N) is 1. The summed E-state index contributed by atoms with van der Waals surface area (Å²) in [4.78, 5) is 17.5. The molecule has 2 aromatic carbocycles. The number of rotatable bonds is 12. The van der Waals surface area contributed by atoms with E-state index >= 15 is 0 Å². The predicted octanol–water partition coefficient (Wildman–Crippen LogP) is 4.77. The highest BCUT2D eigenvalue weighted by Gasteiger charge is 2.33. The van der Waals surface area contributed by atoms with Gasteiger partial charge in [-0.15, -0.1) is 0 Å². The number of carbonyl (C=O) groups is 1. The van der Waals surface area contributed by atoms with Crippen molar-refractivity contribution in [3.05, 3.63) is 60.2 Å². The molecular formula is C31H46N4O3. The van der Waals surface area contributed by atoms with Gasteiger partial charge in [0, 0.05) is 44.0 Å². The van der Waals surface area contributed by atoms with E-state index in [4.69, 9.17) is 4.74 Å². The maximum Gasteiger partial charge on any atom is 0.319 e. The van der Waals surface area contributed by atoms with E-state index in [-0.39, 0.29) is 18.2 Å². The fraction of sp³-hybridized carbons (Fsp3) is 0.581. The fourth-order valence-corrected chi connectivity index (χ4v) is 6.10. The largest absolute Gasteiger partial charge is 0.497 e. The Kier molecular flexibility index (Phi) is 10.9. The zero-order valence-corrected chi connectivity index (χ0v) is 23.1. The zero-order valence-electron chi connectivity index (χ0n) is 23.1. The summed E-state index contributed by atoms with van der Waals surface area (Å²) in [6.07, 6.45) is 9.12. The van der Waals surface area contributed by atoms with Crippen LogP contribution < -0.4 is 15.4 Å². The Morgan fingerprint density at radius 3 is 2.55 bits per heavy atom. The number of methoxy groups -OCH3 is 1. The molecule has 2 aromatic rings. The summed E-state index contributed by atoms with van der Waals surface area (Å²) >= 11 is 0. The quantitative estimate of drug-likeness (QED) is 0.375. The SMILES string of the molecule is COc1ccc(CCN2C[C@@H](O)C[C@H]2CN(C)[C@@H](CNC(=O)Nc2ccccc2)CC2CCCCC2)cc1. The minimum atomic E-state index is -0.282. The summed E-state index contributed by atoms with van der Waals surface area (Å²) in [5, 5.41) is 16.6. The molecule has 3 N–H and O–H groups in total. The molecule has 1 saturated carbocycles. The molecule has 1 aliphatic heterocycles. The highest BCUT2D eigenvalue weighted by atomic mass is 16.5. The topological polar surface area (TPSA) is 77.1 Å². The molecule has 38 heavy (non-hydrogen) atoms. The van der Waals surface area contributed by atoms with Crippen molar-refractivity contribution < 1.29 is 14.6 Å². The van der Waals surface area contributed by atoms with Crippen LogP contribution in [0, 0.1) is 5.92 Å². The van der Waals surface area contributed by atoms with Gasteiger partial charge >= 0.3 is 6.03 Å². The van der Waals surface area contributed by atoms with E-state index in [0.717, 1.165) is 56.3 Å². The molecule has 7 heteroatoms. The minimum absolute atomic E-state index is 0.157. The summed E-state index contributed by atoms with van der Waals surface area (Å²) in [5.74, 6) is 1.59. The molecule has 4 rings (SSSR count). The van der Waals surface area contributed by atoms with E-state index in [9.17, 15) is 9.90 Å². The Hall–Kier alpha value is -2.61. The van der Waals surface area contributed by atoms with Crippen LogP contribution in [0.15, 0.2) is 54.6 Å². The Morgan fingerprint density at radius 1 is 1.11 bits per heavy atom. The lowest BCUT2D eigenvalue weighted by molar-refractivity contribution is 0.136. The number of ether oxygens (including phenoxy) is 1. The van der Waals surface area contributed by atoms with E-state index in [1.165, 1.54) is 37.7 Å². The molecule has 208 valence electrons. The summed E-state index contributed by atoms with van der Waals surface area (Å²) in [6, 6.07) is 18.3. The van der Waals surface area contributed by atoms with Crippen molar-refractivity contribution in [3.63, 3.8) is 0 Å². The highest BCUT2D eigenvalue weighted by molar-refractivity contribution is 5.89. The van der Waals surface area contributed by atoms with Gasteiger partial charge in [0.05, 0.1) is 13.2 Å². The van der Waals surface area contributed by atoms with Crippen molar-refractivity contribution in [1.29, 1.82) is 0 Å². The molecule has 0 bridgehead atoms. The molecule has 2 fully saturated rings. The average molecular weight is 523 g/mol. The van der Waals surface area contributed by atoms with Gasteiger partial charge in [-0.25, -0.2) is 4.79 Å². The highest BCUT2D eigenvalue weighted by Crippen LogP contribution is 2.29. The molecule has 1 aliphatic carbocycles. The van der Waals surface area contributed by atoms with E-state index in [0.29, 0.717) is 12.6 Å². The van der Waals surface area contributed by atoms with Crippen LogP contribution in [0.5, 0.6) is 5.75 Å². The first kappa shape index (κ1) is 28.4. The summed E-state index contributed by atoms with van der Waals surface area (Å²) in [5.41, 5.74) is 2.08. The number of nitrogens with one attached hydrogen (secondary N) is 2. The lowest BCUT2D eigenvalue weighted by Crippen LogP contribution is -2.48. The van der Waals surface area contributed by atoms with Gasteiger partial charge in [-0.2, -0.15) is 0 Å². The maximum absolute atomic E-state index is 12.6. The van der Waals surface area contributed by atoms with Crippen LogP contribution in [0.4, 0.5) is 10.5 Å². The van der Waals surface area contributed by atoms with E-state index < -0.39 is 0 Å². The van der Waals surface area contributed by atoms with Crippen LogP contribution in [-0.2, 0) is 6.42 Å². The number of benzene rings is 2. The first-order valence-corrected chi connectivity index (χ1v) is 14.4. The first-order chi connectivity index (χ1) is 18.5. The van der Waals surface area contributed by atoms with Gasteiger partial charge in [0.15, 0.2) is 0 Å². The number of amides is 2. The molecule has 0 spiro atoms. The van der Waals surface area contributed by atoms with Crippen molar-refractivity contribution in [2.24, 2.45) is 5.92 Å². The third-order valence-corrected chi connectivity index (χ3v) is 8.33. The second-order valence-corrected chi connectivity index (χ2v) is 11.2. The van der Waals surface area contributed by atoms with Crippen LogP contribution >= 0.6 is 0 Å². The number of anilines is 1. The number of carbonyl (C=O) groups excluding carboxylic acids is 1. The van der Waals surface area contributed by atoms with Gasteiger partial charge in [0.1, 0.15) is 5.75 Å². The maximum atomic E-state index is 12.6. The fourth-order valence-electron chi connectivity index (χ4n) is 6.10. The average Bonchev–Trinajstić information content (AvgIpc) is 3.29. The molecule has 7 nitrogen and oxygen atoms in total. The molecule has 2 aliphatic rings. The Morgan fingerprint density at radius 2 is 1.84 bits per heavy atom. The third kappa shape index (κ3) is 8.72. The lowest BCUT2D eigenvalue weighted by Gasteiger charge is -2.36. The summed E-state index contributed by atoms with van der Waals surface area (Å²) < 4.78 is 5.28. The lowest BCUT2D eigenvalue weighted by atomic mass is 9.84. The number of hydrogen-bond donors (Lipinski definition) is 3. The van der Waals surface area contributed by atoms with Gasteiger partial charge in [-0.3, -0.25) is 4.90 Å². The molecule has 0 radical (unpaired) electrons. The van der Waals surface area contributed by atoms with Gasteiger partial charge < -0.3 is 25.4 Å². The van der Waals surface area contributed by atoms with Crippen molar-refractivity contribution in [1.82, 2.24) is 15.1 Å². The minimum Gasteiger partial charge on any atom is -0.497 e. The number of urea groups is 1. The molecular weight excluding hydrogens is 476 g/mol. The monoisotopic (exact) mass is 522 g/mol. The van der Waals surface area contributed by atoms with Crippen molar-refractivity contribution in [3.8, 4) is 5.75 Å². The van der Waals surface area contributed by atoms with Gasteiger partial charge in [-0.05, 0) is 62.1 Å². The van der Waals surface area contributed by atoms with Crippen molar-refractivity contribution in [2.45, 2.75) is 69.6 Å². The second kappa shape index (κ2) is 14.5. The zero-order chi connectivity index (χ0) is 26.7. The van der Waals surface area contributed by atoms with Gasteiger partial charge in [0.2, 0.25) is 0 Å². The van der Waals surface area contributed by atoms with E-state index in [1.807, 2.05) is 42.5 Å². The number of hydrogen-bond acceptors (Lipinski definition) is 5. The summed E-state index contributed by atoms with van der Waals surface area (Å²) in [7, 11) is 3.88. The van der Waals surface area contributed by atoms with Crippen molar-refractivity contribution in [2.75, 3.05) is 45.7 Å². The molecule has 2 amide bonds. The number of para-hydroxylation sites is 1. The van der Waals surface area contributed by atoms with E-state index in [2.05, 4.69) is 39.6 Å². The smallest absolute Gasteiger partial charge is 0.319 e. The van der Waals surface area contributed by atoms with Gasteiger partial charge in [-0.1, -0.05) is 62.4 Å². The van der Waals surface area contributed by atoms with Crippen LogP contribution in [0.1, 0.15) is 50.5 Å². The standard InChI is InChI=1S/C31H46N4O3/c1-34(22-28-20-29(36)23-35(28)18-17-24-13-15-30(38-2)16-14-24)27(19-25-9-5-3-6-10-25)21-32-31(37)33-26-11-7-4-8-12-26/h4,7-8,11-16,25,27-29,36H,3,5-6,9-10,17-23H2,1-2H3,(H2,32,33,37)/t27-,28+,29+/m1/s1. The molecule has 1 saturated heterocycles. The number of nitrogens with zero attached hydrogens (tertiary/aromatic N) is 2. The van der Waals surface area contributed by atoms with Crippen LogP contribution in [-0.4, -0.2) is 79.5 Å².